The van der Waals surface area contributed by atoms with E-state index in [-0.39, 0.29) is 11.8 Å². The zero-order valence-corrected chi connectivity index (χ0v) is 15.3. The van der Waals surface area contributed by atoms with Gasteiger partial charge in [0.2, 0.25) is 0 Å². The zero-order valence-electron chi connectivity index (χ0n) is 15.3. The average Bonchev–Trinajstić information content (AvgIpc) is 2.64. The molecule has 5 nitrogen and oxygen atoms in total. The van der Waals surface area contributed by atoms with Crippen LogP contribution in [0.4, 0.5) is 11.4 Å². The summed E-state index contributed by atoms with van der Waals surface area (Å²) in [5.41, 5.74) is 2.52. The fourth-order valence-electron chi connectivity index (χ4n) is 2.34. The normalized spacial score (nSPS) is 11.0. The van der Waals surface area contributed by atoms with Crippen molar-refractivity contribution in [3.8, 4) is 5.75 Å². The molecule has 0 bridgehead atoms. The lowest BCUT2D eigenvalue weighted by Gasteiger charge is -2.09. The molecule has 2 N–H and O–H groups in total. The predicted molar refractivity (Wildman–Crippen MR) is 105 cm³/mol. The van der Waals surface area contributed by atoms with E-state index in [2.05, 4.69) is 10.6 Å². The molecule has 2 rings (SSSR count). The third-order valence-corrected chi connectivity index (χ3v) is 3.70. The van der Waals surface area contributed by atoms with E-state index in [1.807, 2.05) is 32.1 Å². The maximum atomic E-state index is 12.3. The topological polar surface area (TPSA) is 67.4 Å². The van der Waals surface area contributed by atoms with Gasteiger partial charge in [0.1, 0.15) is 5.75 Å². The van der Waals surface area contributed by atoms with Gasteiger partial charge in [0.15, 0.2) is 0 Å². The lowest BCUT2D eigenvalue weighted by atomic mass is 10.1. The van der Waals surface area contributed by atoms with Gasteiger partial charge in [0, 0.05) is 22.5 Å². The van der Waals surface area contributed by atoms with Crippen molar-refractivity contribution in [3.63, 3.8) is 0 Å². The Morgan fingerprint density at radius 1 is 0.923 bits per heavy atom. The Hall–Kier alpha value is -3.08. The van der Waals surface area contributed by atoms with Crippen LogP contribution in [0.15, 0.2) is 60.2 Å². The number of rotatable bonds is 7. The van der Waals surface area contributed by atoms with Crippen molar-refractivity contribution in [2.45, 2.75) is 27.2 Å². The summed E-state index contributed by atoms with van der Waals surface area (Å²) in [4.78, 5) is 24.3. The third kappa shape index (κ3) is 5.48. The van der Waals surface area contributed by atoms with E-state index in [0.29, 0.717) is 29.1 Å². The van der Waals surface area contributed by atoms with Crippen LogP contribution < -0.4 is 15.4 Å². The third-order valence-electron chi connectivity index (χ3n) is 3.70. The zero-order chi connectivity index (χ0) is 18.9. The van der Waals surface area contributed by atoms with E-state index >= 15 is 0 Å². The largest absolute Gasteiger partial charge is 0.494 e. The van der Waals surface area contributed by atoms with Gasteiger partial charge < -0.3 is 15.4 Å². The molecule has 0 saturated carbocycles. The van der Waals surface area contributed by atoms with E-state index in [4.69, 9.17) is 4.74 Å². The minimum absolute atomic E-state index is 0.140. The van der Waals surface area contributed by atoms with Crippen molar-refractivity contribution in [2.75, 3.05) is 17.2 Å². The molecular weight excluding hydrogens is 328 g/mol. The molecule has 0 unspecified atom stereocenters. The van der Waals surface area contributed by atoms with Gasteiger partial charge in [0.25, 0.3) is 11.8 Å². The van der Waals surface area contributed by atoms with Gasteiger partial charge in [0.05, 0.1) is 6.61 Å². The van der Waals surface area contributed by atoms with E-state index in [1.165, 1.54) is 0 Å². The van der Waals surface area contributed by atoms with Crippen LogP contribution in [0.2, 0.25) is 0 Å². The Morgan fingerprint density at radius 2 is 1.50 bits per heavy atom. The summed E-state index contributed by atoms with van der Waals surface area (Å²) in [5, 5.41) is 5.64. The second-order valence-electron chi connectivity index (χ2n) is 5.74. The van der Waals surface area contributed by atoms with Crippen molar-refractivity contribution in [1.29, 1.82) is 0 Å². The van der Waals surface area contributed by atoms with Crippen LogP contribution in [-0.2, 0) is 4.79 Å². The Labute approximate surface area is 154 Å². The van der Waals surface area contributed by atoms with Crippen molar-refractivity contribution < 1.29 is 14.3 Å². The highest BCUT2D eigenvalue weighted by atomic mass is 16.5. The van der Waals surface area contributed by atoms with Crippen LogP contribution in [0.3, 0.4) is 0 Å². The van der Waals surface area contributed by atoms with E-state index < -0.39 is 0 Å². The Balaban J connectivity index is 1.97. The lowest BCUT2D eigenvalue weighted by Crippen LogP contribution is -2.14. The van der Waals surface area contributed by atoms with Gasteiger partial charge >= 0.3 is 0 Å². The standard InChI is InChI=1S/C21H24N2O3/c1-4-6-15(3)20(24)22-17-9-7-16(8-10-17)21(25)23-18-11-13-19(14-12-18)26-5-2/h6-14H,4-5H2,1-3H3,(H,22,24)(H,23,25). The molecule has 136 valence electrons. The Morgan fingerprint density at radius 3 is 2.08 bits per heavy atom. The number of carbonyl (C=O) groups is 2. The first-order valence-electron chi connectivity index (χ1n) is 8.65. The average molecular weight is 352 g/mol. The minimum Gasteiger partial charge on any atom is -0.494 e. The molecule has 5 heteroatoms. The summed E-state index contributed by atoms with van der Waals surface area (Å²) in [6.45, 7) is 6.28. The number of amides is 2. The SMILES string of the molecule is CCC=C(C)C(=O)Nc1ccc(C(=O)Nc2ccc(OCC)cc2)cc1. The molecular formula is C21H24N2O3. The molecule has 2 aromatic rings. The highest BCUT2D eigenvalue weighted by Gasteiger charge is 2.08. The van der Waals surface area contributed by atoms with Crippen LogP contribution in [0, 0.1) is 0 Å². The quantitative estimate of drug-likeness (QED) is 0.714. The molecule has 0 saturated heterocycles. The number of hydrogen-bond donors (Lipinski definition) is 2. The second kappa shape index (κ2) is 9.42. The maximum Gasteiger partial charge on any atom is 0.255 e. The lowest BCUT2D eigenvalue weighted by molar-refractivity contribution is -0.112. The van der Waals surface area contributed by atoms with Gasteiger partial charge in [-0.15, -0.1) is 0 Å². The van der Waals surface area contributed by atoms with Crippen molar-refractivity contribution in [3.05, 3.63) is 65.7 Å². The summed E-state index contributed by atoms with van der Waals surface area (Å²) in [5.74, 6) is 0.408. The molecule has 0 atom stereocenters. The van der Waals surface area contributed by atoms with Crippen LogP contribution >= 0.6 is 0 Å². The van der Waals surface area contributed by atoms with Gasteiger partial charge in [-0.2, -0.15) is 0 Å². The first kappa shape index (κ1) is 19.2. The molecule has 0 heterocycles. The monoisotopic (exact) mass is 352 g/mol. The Bertz CT molecular complexity index is 778. The van der Waals surface area contributed by atoms with Crippen molar-refractivity contribution in [2.24, 2.45) is 0 Å². The van der Waals surface area contributed by atoms with Gasteiger partial charge in [-0.25, -0.2) is 0 Å². The first-order valence-corrected chi connectivity index (χ1v) is 8.65. The number of anilines is 2. The molecule has 2 amide bonds. The number of benzene rings is 2. The summed E-state index contributed by atoms with van der Waals surface area (Å²) < 4.78 is 5.38. The van der Waals surface area contributed by atoms with E-state index in [9.17, 15) is 9.59 Å². The maximum absolute atomic E-state index is 12.3. The first-order chi connectivity index (χ1) is 12.5. The highest BCUT2D eigenvalue weighted by Crippen LogP contribution is 2.17. The molecule has 0 spiro atoms. The summed E-state index contributed by atoms with van der Waals surface area (Å²) in [6.07, 6.45) is 2.68. The molecule has 26 heavy (non-hydrogen) atoms. The highest BCUT2D eigenvalue weighted by molar-refractivity contribution is 6.05. The minimum atomic E-state index is -0.214. The van der Waals surface area contributed by atoms with Gasteiger partial charge in [-0.05, 0) is 68.8 Å². The number of carbonyl (C=O) groups excluding carboxylic acids is 2. The van der Waals surface area contributed by atoms with Gasteiger partial charge in [-0.3, -0.25) is 9.59 Å². The number of hydrogen-bond acceptors (Lipinski definition) is 3. The molecule has 2 aromatic carbocycles. The van der Waals surface area contributed by atoms with Gasteiger partial charge in [-0.1, -0.05) is 13.0 Å². The molecule has 0 fully saturated rings. The van der Waals surface area contributed by atoms with Crippen LogP contribution in [0.5, 0.6) is 5.75 Å². The van der Waals surface area contributed by atoms with Crippen LogP contribution in [0.1, 0.15) is 37.6 Å². The fraction of sp³-hybridized carbons (Fsp3) is 0.238. The number of ether oxygens (including phenoxy) is 1. The van der Waals surface area contributed by atoms with Crippen molar-refractivity contribution in [1.82, 2.24) is 0 Å². The van der Waals surface area contributed by atoms with Crippen LogP contribution in [-0.4, -0.2) is 18.4 Å². The van der Waals surface area contributed by atoms with E-state index in [1.54, 1.807) is 43.3 Å². The smallest absolute Gasteiger partial charge is 0.255 e. The fourth-order valence-corrected chi connectivity index (χ4v) is 2.34. The second-order valence-corrected chi connectivity index (χ2v) is 5.74. The molecule has 0 aliphatic carbocycles. The number of allylic oxidation sites excluding steroid dienone is 1. The predicted octanol–water partition coefficient (Wildman–Crippen LogP) is 4.63. The number of nitrogens with one attached hydrogen (secondary N) is 2. The summed E-state index contributed by atoms with van der Waals surface area (Å²) >= 11 is 0. The Kier molecular flexibility index (Phi) is 6.97. The molecule has 0 aromatic heterocycles. The molecule has 0 aliphatic heterocycles. The molecule has 0 radical (unpaired) electrons. The van der Waals surface area contributed by atoms with Crippen LogP contribution in [0.25, 0.3) is 0 Å². The molecule has 0 aliphatic rings. The summed E-state index contributed by atoms with van der Waals surface area (Å²) in [6, 6.07) is 14.0. The summed E-state index contributed by atoms with van der Waals surface area (Å²) in [7, 11) is 0. The van der Waals surface area contributed by atoms with Crippen molar-refractivity contribution >= 4 is 23.2 Å². The van der Waals surface area contributed by atoms with E-state index in [0.717, 1.165) is 12.2 Å².